The minimum Gasteiger partial charge on any atom is -0.503 e. The van der Waals surface area contributed by atoms with Crippen LogP contribution in [0.15, 0.2) is 29.5 Å². The molecule has 0 bridgehead atoms. The number of rotatable bonds is 3. The summed E-state index contributed by atoms with van der Waals surface area (Å²) in [6, 6.07) is 5.32. The van der Waals surface area contributed by atoms with Crippen molar-refractivity contribution in [2.45, 2.75) is 54.0 Å². The summed E-state index contributed by atoms with van der Waals surface area (Å²) in [6.45, 7) is 11.6. The molecule has 4 heteroatoms. The Bertz CT molecular complexity index is 695. The summed E-state index contributed by atoms with van der Waals surface area (Å²) in [5.41, 5.74) is 3.06. The third kappa shape index (κ3) is 3.31. The zero-order chi connectivity index (χ0) is 17.5. The molecule has 1 atom stereocenters. The van der Waals surface area contributed by atoms with Gasteiger partial charge in [0.15, 0.2) is 11.5 Å². The van der Waals surface area contributed by atoms with Crippen LogP contribution in [-0.2, 0) is 9.59 Å². The van der Waals surface area contributed by atoms with E-state index >= 15 is 0 Å². The van der Waals surface area contributed by atoms with Gasteiger partial charge in [-0.05, 0) is 55.9 Å². The smallest absolute Gasteiger partial charge is 0.294 e. The third-order valence-corrected chi connectivity index (χ3v) is 4.28. The second kappa shape index (κ2) is 5.84. The first-order chi connectivity index (χ1) is 10.5. The van der Waals surface area contributed by atoms with Gasteiger partial charge in [0.25, 0.3) is 5.91 Å². The van der Waals surface area contributed by atoms with Gasteiger partial charge in [-0.1, -0.05) is 26.8 Å². The first kappa shape index (κ1) is 17.3. The SMILES string of the molecule is CC(=O)C1=C(O)C(=O)N(c2ccc(C)c(C)c2)C1CC(C)(C)C. The normalized spacial score (nSPS) is 18.8. The number of hydrogen-bond acceptors (Lipinski definition) is 3. The highest BCUT2D eigenvalue weighted by molar-refractivity contribution is 6.15. The molecule has 0 fully saturated rings. The van der Waals surface area contributed by atoms with Crippen LogP contribution in [0.3, 0.4) is 0 Å². The van der Waals surface area contributed by atoms with Gasteiger partial charge in [-0.3, -0.25) is 14.5 Å². The van der Waals surface area contributed by atoms with E-state index < -0.39 is 17.7 Å². The Morgan fingerprint density at radius 1 is 1.22 bits per heavy atom. The maximum atomic E-state index is 12.6. The van der Waals surface area contributed by atoms with Crippen molar-refractivity contribution in [3.05, 3.63) is 40.7 Å². The van der Waals surface area contributed by atoms with E-state index in [4.69, 9.17) is 0 Å². The van der Waals surface area contributed by atoms with Gasteiger partial charge < -0.3 is 5.11 Å². The van der Waals surface area contributed by atoms with Gasteiger partial charge in [-0.15, -0.1) is 0 Å². The van der Waals surface area contributed by atoms with Gasteiger partial charge in [0.1, 0.15) is 0 Å². The number of aliphatic hydroxyl groups excluding tert-OH is 1. The van der Waals surface area contributed by atoms with Crippen LogP contribution < -0.4 is 4.90 Å². The van der Waals surface area contributed by atoms with Crippen LogP contribution in [0.4, 0.5) is 5.69 Å². The highest BCUT2D eigenvalue weighted by atomic mass is 16.3. The molecule has 124 valence electrons. The molecule has 4 nitrogen and oxygen atoms in total. The van der Waals surface area contributed by atoms with Crippen LogP contribution in [0.1, 0.15) is 45.2 Å². The molecule has 0 aliphatic carbocycles. The van der Waals surface area contributed by atoms with Gasteiger partial charge in [0, 0.05) is 5.69 Å². The zero-order valence-corrected chi connectivity index (χ0v) is 14.7. The minimum absolute atomic E-state index is 0.0890. The lowest BCUT2D eigenvalue weighted by Crippen LogP contribution is -2.39. The highest BCUT2D eigenvalue weighted by Crippen LogP contribution is 2.37. The fraction of sp³-hybridized carbons (Fsp3) is 0.474. The largest absolute Gasteiger partial charge is 0.503 e. The van der Waals surface area contributed by atoms with Gasteiger partial charge in [0.2, 0.25) is 0 Å². The number of benzene rings is 1. The van der Waals surface area contributed by atoms with E-state index in [1.165, 1.54) is 6.92 Å². The maximum absolute atomic E-state index is 12.6. The van der Waals surface area contributed by atoms with Crippen molar-refractivity contribution in [1.82, 2.24) is 0 Å². The molecule has 1 aromatic rings. The van der Waals surface area contributed by atoms with Crippen LogP contribution in [0.25, 0.3) is 0 Å². The topological polar surface area (TPSA) is 57.6 Å². The molecule has 0 radical (unpaired) electrons. The molecule has 0 saturated carbocycles. The molecular formula is C19H25NO3. The molecule has 0 aromatic heterocycles. The number of ketones is 1. The van der Waals surface area contributed by atoms with Crippen LogP contribution in [-0.4, -0.2) is 22.8 Å². The van der Waals surface area contributed by atoms with Crippen molar-refractivity contribution in [1.29, 1.82) is 0 Å². The predicted molar refractivity (Wildman–Crippen MR) is 91.6 cm³/mol. The molecule has 1 aromatic carbocycles. The average molecular weight is 315 g/mol. The molecule has 23 heavy (non-hydrogen) atoms. The van der Waals surface area contributed by atoms with Gasteiger partial charge >= 0.3 is 0 Å². The number of Topliss-reactive ketones (excluding diaryl/α,β-unsaturated/α-hetero) is 1. The Kier molecular flexibility index (Phi) is 4.38. The minimum atomic E-state index is -0.493. The fourth-order valence-corrected chi connectivity index (χ4v) is 3.01. The molecule has 2 rings (SSSR count). The second-order valence-electron chi connectivity index (χ2n) is 7.54. The van der Waals surface area contributed by atoms with E-state index in [1.807, 2.05) is 32.0 Å². The Hall–Kier alpha value is -2.10. The number of nitrogens with zero attached hydrogens (tertiary/aromatic N) is 1. The summed E-state index contributed by atoms with van der Waals surface area (Å²) in [7, 11) is 0. The Morgan fingerprint density at radius 3 is 2.30 bits per heavy atom. The van der Waals surface area contributed by atoms with E-state index in [0.717, 1.165) is 16.8 Å². The highest BCUT2D eigenvalue weighted by Gasteiger charge is 2.43. The quantitative estimate of drug-likeness (QED) is 0.921. The van der Waals surface area contributed by atoms with Gasteiger partial charge in [-0.25, -0.2) is 0 Å². The number of amides is 1. The standard InChI is InChI=1S/C19H25NO3/c1-11-7-8-14(9-12(11)2)20-15(10-19(4,5)6)16(13(3)21)17(22)18(20)23/h7-9,15,22H,10H2,1-6H3. The van der Waals surface area contributed by atoms with E-state index in [1.54, 1.807) is 4.90 Å². The average Bonchev–Trinajstić information content (AvgIpc) is 2.63. The second-order valence-corrected chi connectivity index (χ2v) is 7.54. The van der Waals surface area contributed by atoms with Crippen molar-refractivity contribution in [3.63, 3.8) is 0 Å². The summed E-state index contributed by atoms with van der Waals surface area (Å²) >= 11 is 0. The van der Waals surface area contributed by atoms with Crippen molar-refractivity contribution in [2.75, 3.05) is 4.90 Å². The molecule has 1 aliphatic rings. The van der Waals surface area contributed by atoms with E-state index in [9.17, 15) is 14.7 Å². The zero-order valence-electron chi connectivity index (χ0n) is 14.7. The third-order valence-electron chi connectivity index (χ3n) is 4.28. The van der Waals surface area contributed by atoms with Crippen LogP contribution in [0, 0.1) is 19.3 Å². The number of hydrogen-bond donors (Lipinski definition) is 1. The van der Waals surface area contributed by atoms with Crippen LogP contribution >= 0.6 is 0 Å². The summed E-state index contributed by atoms with van der Waals surface area (Å²) in [4.78, 5) is 26.1. The van der Waals surface area contributed by atoms with Crippen molar-refractivity contribution in [2.24, 2.45) is 5.41 Å². The molecular weight excluding hydrogens is 290 g/mol. The fourth-order valence-electron chi connectivity index (χ4n) is 3.01. The number of anilines is 1. The summed E-state index contributed by atoms with van der Waals surface area (Å²) in [5.74, 6) is -1.16. The lowest BCUT2D eigenvalue weighted by Gasteiger charge is -2.31. The molecule has 1 heterocycles. The van der Waals surface area contributed by atoms with Crippen molar-refractivity contribution < 1.29 is 14.7 Å². The number of carbonyl (C=O) groups is 2. The molecule has 1 aliphatic heterocycles. The Labute approximate surface area is 137 Å². The molecule has 1 amide bonds. The predicted octanol–water partition coefficient (Wildman–Crippen LogP) is 3.86. The number of aryl methyl sites for hydroxylation is 2. The summed E-state index contributed by atoms with van der Waals surface area (Å²) < 4.78 is 0. The molecule has 0 spiro atoms. The molecule has 1 N–H and O–H groups in total. The Balaban J connectivity index is 2.54. The number of aliphatic hydroxyl groups is 1. The summed E-state index contributed by atoms with van der Waals surface area (Å²) in [5, 5.41) is 10.2. The monoisotopic (exact) mass is 315 g/mol. The van der Waals surface area contributed by atoms with E-state index in [-0.39, 0.29) is 16.8 Å². The maximum Gasteiger partial charge on any atom is 0.294 e. The first-order valence-corrected chi connectivity index (χ1v) is 7.88. The van der Waals surface area contributed by atoms with Gasteiger partial charge in [-0.2, -0.15) is 0 Å². The van der Waals surface area contributed by atoms with Crippen molar-refractivity contribution >= 4 is 17.4 Å². The van der Waals surface area contributed by atoms with E-state index in [0.29, 0.717) is 6.42 Å². The first-order valence-electron chi connectivity index (χ1n) is 7.88. The summed E-state index contributed by atoms with van der Waals surface area (Å²) in [6.07, 6.45) is 0.602. The molecule has 1 unspecified atom stereocenters. The lowest BCUT2D eigenvalue weighted by atomic mass is 9.84. The van der Waals surface area contributed by atoms with Crippen LogP contribution in [0.5, 0.6) is 0 Å². The van der Waals surface area contributed by atoms with Crippen LogP contribution in [0.2, 0.25) is 0 Å². The molecule has 0 saturated heterocycles. The van der Waals surface area contributed by atoms with E-state index in [2.05, 4.69) is 20.8 Å². The van der Waals surface area contributed by atoms with Gasteiger partial charge in [0.05, 0.1) is 11.6 Å². The Morgan fingerprint density at radius 2 is 1.83 bits per heavy atom. The van der Waals surface area contributed by atoms with Crippen molar-refractivity contribution in [3.8, 4) is 0 Å². The lowest BCUT2D eigenvalue weighted by molar-refractivity contribution is -0.117. The number of carbonyl (C=O) groups excluding carboxylic acids is 2.